The molecule has 1 fully saturated rings. The molecule has 132 valence electrons. The highest BCUT2D eigenvalue weighted by Gasteiger charge is 2.59. The first kappa shape index (κ1) is 16.9. The van der Waals surface area contributed by atoms with Gasteiger partial charge in [-0.2, -0.15) is 21.6 Å². The lowest BCUT2D eigenvalue weighted by Gasteiger charge is -2.17. The van der Waals surface area contributed by atoms with Crippen molar-refractivity contribution in [1.82, 2.24) is 0 Å². The monoisotopic (exact) mass is 366 g/mol. The third-order valence-corrected chi connectivity index (χ3v) is 4.97. The van der Waals surface area contributed by atoms with E-state index in [-0.39, 0.29) is 42.7 Å². The summed E-state index contributed by atoms with van der Waals surface area (Å²) in [7, 11) is -5.74. The molecule has 0 amide bonds. The van der Waals surface area contributed by atoms with Crippen LogP contribution in [0.25, 0.3) is 0 Å². The van der Waals surface area contributed by atoms with E-state index in [9.17, 15) is 26.4 Å². The molecule has 1 heterocycles. The van der Waals surface area contributed by atoms with Gasteiger partial charge in [-0.3, -0.25) is 4.79 Å². The number of rotatable bonds is 4. The fourth-order valence-corrected chi connectivity index (χ4v) is 3.34. The number of hydrogen-bond acceptors (Lipinski definition) is 6. The Kier molecular flexibility index (Phi) is 3.89. The van der Waals surface area contributed by atoms with Crippen LogP contribution in [-0.2, 0) is 19.6 Å². The molecule has 0 spiro atoms. The molecule has 3 rings (SSSR count). The molecule has 24 heavy (non-hydrogen) atoms. The van der Waals surface area contributed by atoms with Crippen LogP contribution in [0.2, 0.25) is 0 Å². The zero-order valence-electron chi connectivity index (χ0n) is 12.4. The molecule has 1 aliphatic heterocycles. The Balaban J connectivity index is 1.81. The fourth-order valence-electron chi connectivity index (χ4n) is 2.89. The topological polar surface area (TPSA) is 78.9 Å². The van der Waals surface area contributed by atoms with Crippen molar-refractivity contribution in [3.63, 3.8) is 0 Å². The van der Waals surface area contributed by atoms with Crippen LogP contribution in [0.15, 0.2) is 18.2 Å². The Morgan fingerprint density at radius 3 is 2.71 bits per heavy atom. The number of hydrogen-bond donors (Lipinski definition) is 0. The number of benzene rings is 1. The number of halogens is 3. The lowest BCUT2D eigenvalue weighted by Crippen LogP contribution is -2.28. The highest BCUT2D eigenvalue weighted by Crippen LogP contribution is 2.59. The normalized spacial score (nSPS) is 25.1. The van der Waals surface area contributed by atoms with Crippen LogP contribution in [-0.4, -0.2) is 33.1 Å². The smallest absolute Gasteiger partial charge is 0.493 e. The Morgan fingerprint density at radius 1 is 1.38 bits per heavy atom. The van der Waals surface area contributed by atoms with Gasteiger partial charge in [0, 0.05) is 17.9 Å². The van der Waals surface area contributed by atoms with Crippen LogP contribution >= 0.6 is 0 Å². The van der Waals surface area contributed by atoms with E-state index < -0.39 is 21.4 Å². The van der Waals surface area contributed by atoms with Gasteiger partial charge in [-0.25, -0.2) is 0 Å². The van der Waals surface area contributed by atoms with Crippen LogP contribution in [0.3, 0.4) is 0 Å². The van der Waals surface area contributed by atoms with Crippen LogP contribution in [0, 0.1) is 11.8 Å². The predicted molar refractivity (Wildman–Crippen MR) is 73.9 cm³/mol. The number of fused-ring (bicyclic) bond motifs is 3. The SMILES string of the molecule is CCOC(=O)C1[C@H]2c3ccc(OS(=O)(=O)C(F)(F)F)cc3OC[C@@H]12. The van der Waals surface area contributed by atoms with Crippen LogP contribution in [0.4, 0.5) is 13.2 Å². The van der Waals surface area contributed by atoms with E-state index in [2.05, 4.69) is 4.18 Å². The summed E-state index contributed by atoms with van der Waals surface area (Å²) in [6, 6.07) is 3.59. The second-order valence-electron chi connectivity index (χ2n) is 5.46. The molecular formula is C14H13F3O6S. The van der Waals surface area contributed by atoms with Crippen molar-refractivity contribution in [3.8, 4) is 11.5 Å². The number of ether oxygens (including phenoxy) is 2. The number of carbonyl (C=O) groups excluding carboxylic acids is 1. The molecule has 1 aromatic rings. The fraction of sp³-hybridized carbons (Fsp3) is 0.500. The molecule has 10 heteroatoms. The summed E-state index contributed by atoms with van der Waals surface area (Å²) in [5, 5.41) is 0. The predicted octanol–water partition coefficient (Wildman–Crippen LogP) is 2.20. The number of esters is 1. The lowest BCUT2D eigenvalue weighted by atomic mass is 10.1. The van der Waals surface area contributed by atoms with Gasteiger partial charge in [0.1, 0.15) is 11.5 Å². The van der Waals surface area contributed by atoms with E-state index >= 15 is 0 Å². The van der Waals surface area contributed by atoms with Gasteiger partial charge < -0.3 is 13.7 Å². The first-order valence-electron chi connectivity index (χ1n) is 7.10. The maximum absolute atomic E-state index is 12.3. The van der Waals surface area contributed by atoms with Crippen molar-refractivity contribution in [2.75, 3.05) is 13.2 Å². The van der Waals surface area contributed by atoms with Gasteiger partial charge >= 0.3 is 21.6 Å². The third kappa shape index (κ3) is 2.79. The van der Waals surface area contributed by atoms with E-state index in [1.807, 2.05) is 0 Å². The molecule has 1 aliphatic carbocycles. The molecule has 0 radical (unpaired) electrons. The summed E-state index contributed by atoms with van der Waals surface area (Å²) in [6.45, 7) is 2.15. The summed E-state index contributed by atoms with van der Waals surface area (Å²) < 4.78 is 73.5. The van der Waals surface area contributed by atoms with Crippen LogP contribution in [0.5, 0.6) is 11.5 Å². The Morgan fingerprint density at radius 2 is 2.08 bits per heavy atom. The Bertz CT molecular complexity index is 773. The van der Waals surface area contributed by atoms with Gasteiger partial charge in [0.05, 0.1) is 19.1 Å². The van der Waals surface area contributed by atoms with E-state index in [0.29, 0.717) is 5.56 Å². The van der Waals surface area contributed by atoms with E-state index in [1.54, 1.807) is 6.92 Å². The minimum Gasteiger partial charge on any atom is -0.493 e. The van der Waals surface area contributed by atoms with E-state index in [1.165, 1.54) is 6.07 Å². The molecule has 0 aromatic heterocycles. The lowest BCUT2D eigenvalue weighted by molar-refractivity contribution is -0.145. The van der Waals surface area contributed by atoms with Crippen LogP contribution < -0.4 is 8.92 Å². The summed E-state index contributed by atoms with van der Waals surface area (Å²) in [5.74, 6) is -1.17. The van der Waals surface area contributed by atoms with E-state index in [4.69, 9.17) is 9.47 Å². The summed E-state index contributed by atoms with van der Waals surface area (Å²) in [5.41, 5.74) is -4.89. The average Bonchev–Trinajstić information content (AvgIpc) is 3.20. The average molecular weight is 366 g/mol. The van der Waals surface area contributed by atoms with Gasteiger partial charge in [0.25, 0.3) is 0 Å². The second kappa shape index (κ2) is 5.54. The maximum atomic E-state index is 12.3. The highest BCUT2D eigenvalue weighted by atomic mass is 32.2. The number of alkyl halides is 3. The summed E-state index contributed by atoms with van der Waals surface area (Å²) in [6.07, 6.45) is 0. The molecule has 1 aromatic carbocycles. The van der Waals surface area contributed by atoms with Gasteiger partial charge in [-0.15, -0.1) is 0 Å². The first-order valence-corrected chi connectivity index (χ1v) is 8.50. The molecule has 3 atom stereocenters. The van der Waals surface area contributed by atoms with Crippen molar-refractivity contribution in [1.29, 1.82) is 0 Å². The van der Waals surface area contributed by atoms with Gasteiger partial charge in [0.15, 0.2) is 0 Å². The van der Waals surface area contributed by atoms with Crippen molar-refractivity contribution < 1.29 is 40.0 Å². The standard InChI is InChI=1S/C14H13F3O6S/c1-2-21-13(18)12-9-6-22-10-5-7(3-4-8(10)11(9)12)23-24(19,20)14(15,16)17/h3-5,9,11-12H,2,6H2,1H3/t9-,11+,12?/m1/s1. The summed E-state index contributed by atoms with van der Waals surface area (Å²) in [4.78, 5) is 11.8. The number of carbonyl (C=O) groups is 1. The molecule has 0 N–H and O–H groups in total. The van der Waals surface area contributed by atoms with Crippen molar-refractivity contribution in [2.45, 2.75) is 18.3 Å². The molecular weight excluding hydrogens is 353 g/mol. The quantitative estimate of drug-likeness (QED) is 0.462. The molecule has 0 saturated heterocycles. The third-order valence-electron chi connectivity index (χ3n) is 3.99. The maximum Gasteiger partial charge on any atom is 0.534 e. The molecule has 2 aliphatic rings. The van der Waals surface area contributed by atoms with Gasteiger partial charge in [-0.1, -0.05) is 6.07 Å². The first-order chi connectivity index (χ1) is 11.2. The van der Waals surface area contributed by atoms with Crippen molar-refractivity contribution in [2.24, 2.45) is 11.8 Å². The van der Waals surface area contributed by atoms with Gasteiger partial charge in [0.2, 0.25) is 0 Å². The second-order valence-corrected chi connectivity index (χ2v) is 7.00. The van der Waals surface area contributed by atoms with Crippen molar-refractivity contribution in [3.05, 3.63) is 23.8 Å². The highest BCUT2D eigenvalue weighted by molar-refractivity contribution is 7.88. The summed E-state index contributed by atoms with van der Waals surface area (Å²) >= 11 is 0. The molecule has 1 saturated carbocycles. The van der Waals surface area contributed by atoms with Crippen LogP contribution in [0.1, 0.15) is 18.4 Å². The minimum absolute atomic E-state index is 0.0396. The Labute approximate surface area is 135 Å². The molecule has 1 unspecified atom stereocenters. The Hall–Kier alpha value is -1.97. The van der Waals surface area contributed by atoms with Gasteiger partial charge in [-0.05, 0) is 18.6 Å². The molecule has 0 bridgehead atoms. The zero-order chi connectivity index (χ0) is 17.7. The largest absolute Gasteiger partial charge is 0.534 e. The zero-order valence-corrected chi connectivity index (χ0v) is 13.2. The molecule has 6 nitrogen and oxygen atoms in total. The van der Waals surface area contributed by atoms with Crippen molar-refractivity contribution >= 4 is 16.1 Å². The minimum atomic E-state index is -5.74. The van der Waals surface area contributed by atoms with E-state index in [0.717, 1.165) is 12.1 Å².